The molecule has 8 nitrogen and oxygen atoms in total. The molecule has 0 aliphatic rings. The summed E-state index contributed by atoms with van der Waals surface area (Å²) in [6.45, 7) is 4.54. The van der Waals surface area contributed by atoms with Gasteiger partial charge in [-0.1, -0.05) is 134 Å². The maximum atomic E-state index is 12.8. The lowest BCUT2D eigenvalue weighted by Crippen LogP contribution is -2.46. The molecule has 0 aromatic rings. The predicted octanol–water partition coefficient (Wildman–Crippen LogP) is 8.94. The zero-order valence-corrected chi connectivity index (χ0v) is 31.9. The summed E-state index contributed by atoms with van der Waals surface area (Å²) in [5.41, 5.74) is 0. The molecule has 0 aliphatic carbocycles. The molecule has 0 aliphatic heterocycles. The Labute approximate surface area is 289 Å². The van der Waals surface area contributed by atoms with Crippen LogP contribution in [0.2, 0.25) is 0 Å². The van der Waals surface area contributed by atoms with E-state index in [-0.39, 0.29) is 19.1 Å². The zero-order valence-electron chi connectivity index (χ0n) is 31.0. The van der Waals surface area contributed by atoms with Gasteiger partial charge in [-0.2, -0.15) is 0 Å². The van der Waals surface area contributed by atoms with Gasteiger partial charge in [0.15, 0.2) is 0 Å². The van der Waals surface area contributed by atoms with Crippen molar-refractivity contribution in [2.45, 2.75) is 161 Å². The molecule has 0 bridgehead atoms. The number of hydrogen-bond donors (Lipinski definition) is 2. The number of aliphatic hydroxyl groups excluding tert-OH is 1. The quantitative estimate of drug-likeness (QED) is 0.0309. The van der Waals surface area contributed by atoms with Gasteiger partial charge >= 0.3 is 0 Å². The number of likely N-dealkylation sites (N-methyl/N-ethyl adjacent to an activating group) is 1. The standard InChI is InChI=1S/C38H73N2O6P/c1-6-8-10-12-14-16-17-18-19-20-21-22-23-24-26-28-30-32-38(42)39-36(35-46-47(43,44)45-34-33-40(3,4)5)37(41)31-29-27-25-15-13-11-9-7-2/h8,10,14,16,18-19,36-37,41H,6-7,9,11-13,15,17,20-35H2,1-5H3,(H-,39,42,43,44)/b10-8-,16-14-,19-18-. The van der Waals surface area contributed by atoms with Crippen LogP contribution in [0.4, 0.5) is 0 Å². The molecule has 0 saturated heterocycles. The fourth-order valence-electron chi connectivity index (χ4n) is 5.11. The van der Waals surface area contributed by atoms with Gasteiger partial charge in [-0.05, 0) is 44.9 Å². The molecule has 0 heterocycles. The fraction of sp³-hybridized carbons (Fsp3) is 0.816. The topological polar surface area (TPSA) is 108 Å². The number of phosphoric acid groups is 1. The van der Waals surface area contributed by atoms with Crippen molar-refractivity contribution in [1.29, 1.82) is 0 Å². The van der Waals surface area contributed by atoms with E-state index in [2.05, 4.69) is 55.6 Å². The number of carbonyl (C=O) groups excluding carboxylic acids is 1. The molecule has 1 amide bonds. The fourth-order valence-corrected chi connectivity index (χ4v) is 5.83. The number of aliphatic hydroxyl groups is 1. The van der Waals surface area contributed by atoms with Gasteiger partial charge in [-0.3, -0.25) is 9.36 Å². The molecule has 47 heavy (non-hydrogen) atoms. The van der Waals surface area contributed by atoms with Crippen LogP contribution in [0.3, 0.4) is 0 Å². The van der Waals surface area contributed by atoms with E-state index in [0.717, 1.165) is 64.2 Å². The van der Waals surface area contributed by atoms with Crippen molar-refractivity contribution < 1.29 is 32.9 Å². The van der Waals surface area contributed by atoms with E-state index in [0.29, 0.717) is 23.9 Å². The first-order valence-corrected chi connectivity index (χ1v) is 20.3. The lowest BCUT2D eigenvalue weighted by atomic mass is 10.0. The maximum Gasteiger partial charge on any atom is 0.268 e. The number of phosphoric ester groups is 1. The highest BCUT2D eigenvalue weighted by Gasteiger charge is 2.24. The summed E-state index contributed by atoms with van der Waals surface area (Å²) in [5, 5.41) is 13.7. The Morgan fingerprint density at radius 1 is 0.766 bits per heavy atom. The van der Waals surface area contributed by atoms with Crippen molar-refractivity contribution in [3.8, 4) is 0 Å². The maximum absolute atomic E-state index is 12.8. The van der Waals surface area contributed by atoms with Crippen molar-refractivity contribution >= 4 is 13.7 Å². The molecule has 3 unspecified atom stereocenters. The highest BCUT2D eigenvalue weighted by Crippen LogP contribution is 2.38. The first-order valence-electron chi connectivity index (χ1n) is 18.8. The number of amides is 1. The summed E-state index contributed by atoms with van der Waals surface area (Å²) in [7, 11) is 1.29. The number of nitrogens with one attached hydrogen (secondary N) is 1. The van der Waals surface area contributed by atoms with Gasteiger partial charge in [0.05, 0.1) is 39.9 Å². The first kappa shape index (κ1) is 45.7. The van der Waals surface area contributed by atoms with Gasteiger partial charge < -0.3 is 28.8 Å². The summed E-state index contributed by atoms with van der Waals surface area (Å²) in [6, 6.07) is -0.802. The number of hydrogen-bond acceptors (Lipinski definition) is 6. The Morgan fingerprint density at radius 3 is 1.89 bits per heavy atom. The third-order valence-corrected chi connectivity index (χ3v) is 9.11. The minimum absolute atomic E-state index is 0.00854. The molecule has 0 spiro atoms. The SMILES string of the molecule is CC/C=C\C/C=C\C/C=C\CCCCCCCCCC(=O)NC(COP(=O)([O-])OCC[N+](C)(C)C)C(O)CCCCCCCCCC. The van der Waals surface area contributed by atoms with Crippen LogP contribution in [-0.4, -0.2) is 68.5 Å². The Balaban J connectivity index is 4.39. The molecule has 2 N–H and O–H groups in total. The van der Waals surface area contributed by atoms with E-state index in [1.165, 1.54) is 57.8 Å². The van der Waals surface area contributed by atoms with Crippen LogP contribution in [0.25, 0.3) is 0 Å². The Morgan fingerprint density at radius 2 is 1.30 bits per heavy atom. The van der Waals surface area contributed by atoms with Crippen LogP contribution in [0.1, 0.15) is 149 Å². The van der Waals surface area contributed by atoms with Crippen LogP contribution in [0.5, 0.6) is 0 Å². The molecule has 9 heteroatoms. The van der Waals surface area contributed by atoms with Crippen LogP contribution >= 0.6 is 7.82 Å². The molecule has 0 fully saturated rings. The van der Waals surface area contributed by atoms with Crippen LogP contribution in [-0.2, 0) is 18.4 Å². The second kappa shape index (κ2) is 30.8. The number of unbranched alkanes of at least 4 members (excludes halogenated alkanes) is 14. The molecule has 0 aromatic heterocycles. The molecule has 0 aromatic carbocycles. The smallest absolute Gasteiger partial charge is 0.268 e. The van der Waals surface area contributed by atoms with Gasteiger partial charge in [0.25, 0.3) is 7.82 Å². The first-order chi connectivity index (χ1) is 22.5. The second-order valence-electron chi connectivity index (χ2n) is 13.9. The van der Waals surface area contributed by atoms with Gasteiger partial charge in [-0.25, -0.2) is 0 Å². The van der Waals surface area contributed by atoms with Crippen LogP contribution < -0.4 is 10.2 Å². The third-order valence-electron chi connectivity index (χ3n) is 8.14. The van der Waals surface area contributed by atoms with Crippen molar-refractivity contribution in [2.24, 2.45) is 0 Å². The van der Waals surface area contributed by atoms with Gasteiger partial charge in [0.1, 0.15) is 13.2 Å². The molecule has 0 radical (unpaired) electrons. The molecule has 276 valence electrons. The van der Waals surface area contributed by atoms with Crippen molar-refractivity contribution in [3.63, 3.8) is 0 Å². The van der Waals surface area contributed by atoms with Crippen molar-refractivity contribution in [3.05, 3.63) is 36.5 Å². The van der Waals surface area contributed by atoms with Crippen LogP contribution in [0.15, 0.2) is 36.5 Å². The Kier molecular flexibility index (Phi) is 29.9. The summed E-state index contributed by atoms with van der Waals surface area (Å²) < 4.78 is 23.1. The average molecular weight is 685 g/mol. The van der Waals surface area contributed by atoms with Gasteiger partial charge in [-0.15, -0.1) is 0 Å². The van der Waals surface area contributed by atoms with E-state index in [9.17, 15) is 19.4 Å². The Hall–Kier alpha value is -1.28. The molecular formula is C38H73N2O6P. The summed E-state index contributed by atoms with van der Waals surface area (Å²) in [6.07, 6.45) is 34.4. The number of carbonyl (C=O) groups is 1. The minimum Gasteiger partial charge on any atom is -0.756 e. The van der Waals surface area contributed by atoms with Crippen molar-refractivity contribution in [1.82, 2.24) is 5.32 Å². The molecule has 0 rings (SSSR count). The van der Waals surface area contributed by atoms with E-state index in [4.69, 9.17) is 9.05 Å². The summed E-state index contributed by atoms with van der Waals surface area (Å²) in [4.78, 5) is 25.1. The van der Waals surface area contributed by atoms with E-state index in [1.54, 1.807) is 0 Å². The minimum atomic E-state index is -4.55. The third kappa shape index (κ3) is 33.0. The largest absolute Gasteiger partial charge is 0.756 e. The van der Waals surface area contributed by atoms with E-state index < -0.39 is 20.0 Å². The monoisotopic (exact) mass is 685 g/mol. The Bertz CT molecular complexity index is 871. The van der Waals surface area contributed by atoms with Gasteiger partial charge in [0.2, 0.25) is 5.91 Å². The number of nitrogens with zero attached hydrogens (tertiary/aromatic N) is 1. The molecule has 3 atom stereocenters. The number of allylic oxidation sites excluding steroid dienone is 6. The number of quaternary nitrogens is 1. The normalized spacial score (nSPS) is 15.1. The molecular weight excluding hydrogens is 611 g/mol. The number of rotatable bonds is 33. The highest BCUT2D eigenvalue weighted by atomic mass is 31.2. The lowest BCUT2D eigenvalue weighted by Gasteiger charge is -2.30. The summed E-state index contributed by atoms with van der Waals surface area (Å²) >= 11 is 0. The van der Waals surface area contributed by atoms with Gasteiger partial charge in [0, 0.05) is 6.42 Å². The van der Waals surface area contributed by atoms with E-state index >= 15 is 0 Å². The molecule has 0 saturated carbocycles. The van der Waals surface area contributed by atoms with E-state index in [1.807, 2.05) is 21.1 Å². The van der Waals surface area contributed by atoms with Crippen LogP contribution in [0, 0.1) is 0 Å². The summed E-state index contributed by atoms with van der Waals surface area (Å²) in [5.74, 6) is -0.181. The lowest BCUT2D eigenvalue weighted by molar-refractivity contribution is -0.870. The zero-order chi connectivity index (χ0) is 35.1. The highest BCUT2D eigenvalue weighted by molar-refractivity contribution is 7.45. The average Bonchev–Trinajstić information content (AvgIpc) is 3.01. The predicted molar refractivity (Wildman–Crippen MR) is 196 cm³/mol. The second-order valence-corrected chi connectivity index (χ2v) is 15.3. The van der Waals surface area contributed by atoms with Crippen molar-refractivity contribution in [2.75, 3.05) is 40.9 Å².